The molecule has 0 aliphatic carbocycles. The minimum Gasteiger partial charge on any atom is -0.309 e. The predicted octanol–water partition coefficient (Wildman–Crippen LogP) is 12.1. The second kappa shape index (κ2) is 10.5. The van der Waals surface area contributed by atoms with Crippen LogP contribution in [0.15, 0.2) is 158 Å². The Morgan fingerprint density at radius 3 is 2.22 bits per heavy atom. The van der Waals surface area contributed by atoms with E-state index in [1.807, 2.05) is 29.7 Å². The standard InChI is InChI=1S/C45H26N4S/c1-2-12-28-25-29(23-22-27(28)11-1)41-42-36(19-10-24-46-42)47-45(48-41)30-13-9-14-31(26-30)49-37-20-7-5-17-34(37)39-32-15-3-4-16-33(32)44-40(43(39)49)35-18-6-8-21-38(35)50-44/h1-26H. The summed E-state index contributed by atoms with van der Waals surface area (Å²) in [5.41, 5.74) is 7.90. The van der Waals surface area contributed by atoms with E-state index < -0.39 is 0 Å². The van der Waals surface area contributed by atoms with Gasteiger partial charge in [-0.05, 0) is 58.6 Å². The van der Waals surface area contributed by atoms with Crippen LogP contribution in [0.1, 0.15) is 0 Å². The van der Waals surface area contributed by atoms with Gasteiger partial charge in [0, 0.05) is 59.3 Å². The normalized spacial score (nSPS) is 12.0. The van der Waals surface area contributed by atoms with Gasteiger partial charge in [0.15, 0.2) is 5.82 Å². The fourth-order valence-corrected chi connectivity index (χ4v) is 9.05. The molecule has 0 radical (unpaired) electrons. The van der Waals surface area contributed by atoms with E-state index in [-0.39, 0.29) is 0 Å². The Bertz CT molecular complexity index is 3170. The molecule has 11 rings (SSSR count). The molecule has 0 spiro atoms. The van der Waals surface area contributed by atoms with Crippen LogP contribution in [0.25, 0.3) is 103 Å². The molecular weight excluding hydrogens is 629 g/mol. The maximum Gasteiger partial charge on any atom is 0.160 e. The van der Waals surface area contributed by atoms with E-state index in [0.717, 1.165) is 33.5 Å². The molecule has 7 aromatic carbocycles. The van der Waals surface area contributed by atoms with Crippen LogP contribution in [0.4, 0.5) is 0 Å². The van der Waals surface area contributed by atoms with Gasteiger partial charge in [0.25, 0.3) is 0 Å². The number of pyridine rings is 1. The van der Waals surface area contributed by atoms with E-state index in [1.165, 1.54) is 63.5 Å². The maximum atomic E-state index is 5.24. The van der Waals surface area contributed by atoms with Crippen LogP contribution in [0, 0.1) is 0 Å². The quantitative estimate of drug-likeness (QED) is 0.190. The number of hydrogen-bond acceptors (Lipinski definition) is 4. The number of hydrogen-bond donors (Lipinski definition) is 0. The molecule has 232 valence electrons. The van der Waals surface area contributed by atoms with E-state index in [9.17, 15) is 0 Å². The zero-order valence-corrected chi connectivity index (χ0v) is 27.5. The Morgan fingerprint density at radius 2 is 1.30 bits per heavy atom. The first-order valence-electron chi connectivity index (χ1n) is 16.8. The van der Waals surface area contributed by atoms with Crippen LogP contribution in [0.5, 0.6) is 0 Å². The lowest BCUT2D eigenvalue weighted by Crippen LogP contribution is -1.99. The first-order valence-corrected chi connectivity index (χ1v) is 17.6. The molecule has 0 aliphatic rings. The highest BCUT2D eigenvalue weighted by molar-refractivity contribution is 7.27. The monoisotopic (exact) mass is 654 g/mol. The molecule has 50 heavy (non-hydrogen) atoms. The Hall–Kier alpha value is -6.43. The van der Waals surface area contributed by atoms with Crippen molar-refractivity contribution in [3.8, 4) is 28.3 Å². The van der Waals surface area contributed by atoms with Gasteiger partial charge in [0.2, 0.25) is 0 Å². The van der Waals surface area contributed by atoms with Crippen LogP contribution in [0.3, 0.4) is 0 Å². The molecule has 0 saturated carbocycles. The number of para-hydroxylation sites is 1. The minimum absolute atomic E-state index is 0.674. The summed E-state index contributed by atoms with van der Waals surface area (Å²) in [6, 6.07) is 54.0. The van der Waals surface area contributed by atoms with Gasteiger partial charge in [0.1, 0.15) is 11.2 Å². The van der Waals surface area contributed by atoms with E-state index in [2.05, 4.69) is 144 Å². The summed E-state index contributed by atoms with van der Waals surface area (Å²) in [4.78, 5) is 15.1. The number of benzene rings is 7. The Morgan fingerprint density at radius 1 is 0.520 bits per heavy atom. The highest BCUT2D eigenvalue weighted by Crippen LogP contribution is 2.48. The first kappa shape index (κ1) is 27.5. The number of nitrogens with zero attached hydrogens (tertiary/aromatic N) is 4. The zero-order valence-electron chi connectivity index (χ0n) is 26.7. The van der Waals surface area contributed by atoms with Gasteiger partial charge in [-0.2, -0.15) is 0 Å². The Balaban J connectivity index is 1.21. The van der Waals surface area contributed by atoms with Gasteiger partial charge >= 0.3 is 0 Å². The molecule has 4 heterocycles. The summed E-state index contributed by atoms with van der Waals surface area (Å²) in [6.45, 7) is 0. The molecule has 4 nitrogen and oxygen atoms in total. The van der Waals surface area contributed by atoms with E-state index in [4.69, 9.17) is 15.0 Å². The van der Waals surface area contributed by atoms with Crippen molar-refractivity contribution in [2.45, 2.75) is 0 Å². The molecule has 0 bridgehead atoms. The number of aromatic nitrogens is 4. The molecule has 5 heteroatoms. The van der Waals surface area contributed by atoms with Crippen molar-refractivity contribution in [2.75, 3.05) is 0 Å². The van der Waals surface area contributed by atoms with Crippen LogP contribution >= 0.6 is 11.3 Å². The minimum atomic E-state index is 0.674. The number of fused-ring (bicyclic) bond motifs is 12. The van der Waals surface area contributed by atoms with Gasteiger partial charge in [-0.1, -0.05) is 109 Å². The van der Waals surface area contributed by atoms with Crippen LogP contribution in [0.2, 0.25) is 0 Å². The zero-order chi connectivity index (χ0) is 32.8. The second-order valence-corrected chi connectivity index (χ2v) is 13.9. The fourth-order valence-electron chi connectivity index (χ4n) is 7.81. The molecule has 0 atom stereocenters. The Kier molecular flexibility index (Phi) is 5.80. The summed E-state index contributed by atoms with van der Waals surface area (Å²) < 4.78 is 5.07. The lowest BCUT2D eigenvalue weighted by molar-refractivity contribution is 1.17. The third kappa shape index (κ3) is 3.95. The summed E-state index contributed by atoms with van der Waals surface area (Å²) in [6.07, 6.45) is 1.82. The third-order valence-corrected chi connectivity index (χ3v) is 11.2. The summed E-state index contributed by atoms with van der Waals surface area (Å²) in [5.74, 6) is 0.674. The lowest BCUT2D eigenvalue weighted by Gasteiger charge is -2.13. The third-order valence-electron chi connectivity index (χ3n) is 9.99. The van der Waals surface area contributed by atoms with Gasteiger partial charge in [-0.25, -0.2) is 9.97 Å². The molecular formula is C45H26N4S. The SMILES string of the molecule is c1cc(-c2nc(-c3ccc4ccccc4c3)c3ncccc3n2)cc(-n2c3ccccc3c3c4ccccc4c4sc5ccccc5c4c32)c1. The summed E-state index contributed by atoms with van der Waals surface area (Å²) in [7, 11) is 0. The van der Waals surface area contributed by atoms with Crippen LogP contribution in [-0.2, 0) is 0 Å². The van der Waals surface area contributed by atoms with Crippen molar-refractivity contribution in [1.82, 2.24) is 19.5 Å². The largest absolute Gasteiger partial charge is 0.309 e. The van der Waals surface area contributed by atoms with Crippen molar-refractivity contribution >= 4 is 85.9 Å². The molecule has 0 amide bonds. The molecule has 0 aliphatic heterocycles. The molecule has 0 saturated heterocycles. The first-order chi connectivity index (χ1) is 24.8. The summed E-state index contributed by atoms with van der Waals surface area (Å²) >= 11 is 1.88. The maximum absolute atomic E-state index is 5.24. The number of thiophene rings is 1. The van der Waals surface area contributed by atoms with Crippen molar-refractivity contribution in [1.29, 1.82) is 0 Å². The van der Waals surface area contributed by atoms with E-state index in [1.54, 1.807) is 0 Å². The summed E-state index contributed by atoms with van der Waals surface area (Å²) in [5, 5.41) is 10.0. The van der Waals surface area contributed by atoms with Crippen LogP contribution < -0.4 is 0 Å². The van der Waals surface area contributed by atoms with E-state index >= 15 is 0 Å². The average Bonchev–Trinajstić information content (AvgIpc) is 3.74. The van der Waals surface area contributed by atoms with Crippen molar-refractivity contribution in [3.63, 3.8) is 0 Å². The van der Waals surface area contributed by atoms with E-state index in [0.29, 0.717) is 5.82 Å². The molecule has 0 fully saturated rings. The Labute approximate surface area is 290 Å². The molecule has 4 aromatic heterocycles. The van der Waals surface area contributed by atoms with Crippen molar-refractivity contribution in [2.24, 2.45) is 0 Å². The molecule has 11 aromatic rings. The van der Waals surface area contributed by atoms with Crippen molar-refractivity contribution in [3.05, 3.63) is 158 Å². The van der Waals surface area contributed by atoms with Gasteiger partial charge in [-0.3, -0.25) is 4.98 Å². The second-order valence-electron chi connectivity index (χ2n) is 12.8. The van der Waals surface area contributed by atoms with Gasteiger partial charge < -0.3 is 4.57 Å². The van der Waals surface area contributed by atoms with Gasteiger partial charge in [-0.15, -0.1) is 11.3 Å². The predicted molar refractivity (Wildman–Crippen MR) is 210 cm³/mol. The lowest BCUT2D eigenvalue weighted by atomic mass is 10.00. The fraction of sp³-hybridized carbons (Fsp3) is 0. The topological polar surface area (TPSA) is 43.6 Å². The van der Waals surface area contributed by atoms with Gasteiger partial charge in [0.05, 0.1) is 16.6 Å². The highest BCUT2D eigenvalue weighted by Gasteiger charge is 2.22. The number of rotatable bonds is 3. The van der Waals surface area contributed by atoms with Crippen LogP contribution in [-0.4, -0.2) is 19.5 Å². The molecule has 0 N–H and O–H groups in total. The average molecular weight is 655 g/mol. The molecule has 0 unspecified atom stereocenters. The van der Waals surface area contributed by atoms with Crippen molar-refractivity contribution < 1.29 is 0 Å². The highest BCUT2D eigenvalue weighted by atomic mass is 32.1. The smallest absolute Gasteiger partial charge is 0.160 e.